The fraction of sp³-hybridized carbons (Fsp3) is 0.565. The average molecular weight is 441 g/mol. The maximum absolute atomic E-state index is 13.0. The van der Waals surface area contributed by atoms with Gasteiger partial charge in [-0.05, 0) is 55.5 Å². The molecule has 32 heavy (non-hydrogen) atoms. The zero-order valence-corrected chi connectivity index (χ0v) is 17.9. The summed E-state index contributed by atoms with van der Waals surface area (Å²) in [5, 5.41) is 2.22. The topological polar surface area (TPSA) is 105 Å². The first kappa shape index (κ1) is 21.2. The molecule has 170 valence electrons. The summed E-state index contributed by atoms with van der Waals surface area (Å²) in [6.45, 7) is 3.83. The molecule has 1 aromatic carbocycles. The molecule has 0 radical (unpaired) electrons. The largest absolute Gasteiger partial charge is 0.350 e. The van der Waals surface area contributed by atoms with Crippen LogP contribution < -0.4 is 5.32 Å². The molecule has 1 atom stereocenters. The number of nitrogens with zero attached hydrogens (tertiary/aromatic N) is 2. The molecule has 1 aromatic rings. The number of imide groups is 2. The van der Waals surface area contributed by atoms with Gasteiger partial charge in [0.2, 0.25) is 11.8 Å². The number of piperidine rings is 1. The molecule has 2 saturated heterocycles. The van der Waals surface area contributed by atoms with Crippen LogP contribution in [0.1, 0.15) is 70.4 Å². The molecule has 4 aliphatic heterocycles. The van der Waals surface area contributed by atoms with Crippen molar-refractivity contribution in [1.29, 1.82) is 0 Å². The molecule has 0 aliphatic carbocycles. The molecule has 4 aliphatic rings. The van der Waals surface area contributed by atoms with E-state index in [0.29, 0.717) is 24.3 Å². The first-order chi connectivity index (χ1) is 15.5. The van der Waals surface area contributed by atoms with Gasteiger partial charge in [-0.1, -0.05) is 6.42 Å². The predicted octanol–water partition coefficient (Wildman–Crippen LogP) is 1.34. The third-order valence-electron chi connectivity index (χ3n) is 6.65. The summed E-state index contributed by atoms with van der Waals surface area (Å²) in [6, 6.07) is 2.70. The standard InChI is InChI=1S/C23H27N3O6/c27-19-6-5-18(21(28)24-19)26-22(29)16-10-14-12-25(13-15(14)11-17(16)23(26)30)7-3-1-2-4-20-31-8-9-32-20/h10-11,18,20H,1-9,12-13H2,(H,24,27,28). The number of hydrogen-bond donors (Lipinski definition) is 1. The van der Waals surface area contributed by atoms with Crippen molar-refractivity contribution in [2.75, 3.05) is 19.8 Å². The smallest absolute Gasteiger partial charge is 0.262 e. The van der Waals surface area contributed by atoms with Crippen LogP contribution in [0.2, 0.25) is 0 Å². The molecule has 9 nitrogen and oxygen atoms in total. The van der Waals surface area contributed by atoms with E-state index in [4.69, 9.17) is 9.47 Å². The Morgan fingerprint density at radius 3 is 2.19 bits per heavy atom. The number of unbranched alkanes of at least 4 members (excludes halogenated alkanes) is 2. The van der Waals surface area contributed by atoms with Gasteiger partial charge in [-0.15, -0.1) is 0 Å². The zero-order valence-electron chi connectivity index (χ0n) is 17.9. The van der Waals surface area contributed by atoms with E-state index < -0.39 is 23.8 Å². The summed E-state index contributed by atoms with van der Waals surface area (Å²) in [6.07, 6.45) is 4.42. The molecule has 4 heterocycles. The number of amides is 4. The Balaban J connectivity index is 1.18. The highest BCUT2D eigenvalue weighted by atomic mass is 16.7. The van der Waals surface area contributed by atoms with Crippen LogP contribution in [0, 0.1) is 0 Å². The number of fused-ring (bicyclic) bond motifs is 2. The first-order valence-corrected chi connectivity index (χ1v) is 11.3. The fourth-order valence-electron chi connectivity index (χ4n) is 4.99. The third kappa shape index (κ3) is 3.96. The Morgan fingerprint density at radius 2 is 1.56 bits per heavy atom. The minimum Gasteiger partial charge on any atom is -0.350 e. The van der Waals surface area contributed by atoms with Crippen molar-refractivity contribution in [3.05, 3.63) is 34.4 Å². The monoisotopic (exact) mass is 441 g/mol. The molecule has 1 N–H and O–H groups in total. The quantitative estimate of drug-likeness (QED) is 0.503. The maximum Gasteiger partial charge on any atom is 0.262 e. The summed E-state index contributed by atoms with van der Waals surface area (Å²) < 4.78 is 10.9. The lowest BCUT2D eigenvalue weighted by atomic mass is 10.0. The van der Waals surface area contributed by atoms with Crippen molar-refractivity contribution >= 4 is 23.6 Å². The molecular formula is C23H27N3O6. The molecule has 0 spiro atoms. The van der Waals surface area contributed by atoms with Crippen LogP contribution in [0.5, 0.6) is 0 Å². The highest BCUT2D eigenvalue weighted by molar-refractivity contribution is 6.23. The highest BCUT2D eigenvalue weighted by Gasteiger charge is 2.45. The van der Waals surface area contributed by atoms with Gasteiger partial charge in [0.05, 0.1) is 24.3 Å². The molecule has 1 unspecified atom stereocenters. The van der Waals surface area contributed by atoms with Gasteiger partial charge in [0.1, 0.15) is 6.04 Å². The SMILES string of the molecule is O=C1CCC(N2C(=O)c3cc4c(cc3C2=O)CN(CCCCCC2OCCO2)C4)C(=O)N1. The van der Waals surface area contributed by atoms with Crippen molar-refractivity contribution in [1.82, 2.24) is 15.1 Å². The van der Waals surface area contributed by atoms with Gasteiger partial charge in [0.25, 0.3) is 11.8 Å². The number of carbonyl (C=O) groups excluding carboxylic acids is 4. The second-order valence-corrected chi connectivity index (χ2v) is 8.84. The lowest BCUT2D eigenvalue weighted by Crippen LogP contribution is -2.54. The molecular weight excluding hydrogens is 414 g/mol. The Labute approximate surface area is 186 Å². The molecule has 9 heteroatoms. The van der Waals surface area contributed by atoms with Gasteiger partial charge in [-0.2, -0.15) is 0 Å². The number of hydrogen-bond acceptors (Lipinski definition) is 7. The predicted molar refractivity (Wildman–Crippen MR) is 111 cm³/mol. The Morgan fingerprint density at radius 1 is 0.906 bits per heavy atom. The maximum atomic E-state index is 13.0. The minimum absolute atomic E-state index is 0.0387. The number of ether oxygens (including phenoxy) is 2. The normalized spacial score (nSPS) is 23.8. The van der Waals surface area contributed by atoms with E-state index in [1.807, 2.05) is 12.1 Å². The Kier molecular flexibility index (Phi) is 5.79. The first-order valence-electron chi connectivity index (χ1n) is 11.3. The second kappa shape index (κ2) is 8.73. The molecule has 0 saturated carbocycles. The highest BCUT2D eigenvalue weighted by Crippen LogP contribution is 2.33. The van der Waals surface area contributed by atoms with Crippen LogP contribution in [-0.2, 0) is 32.2 Å². The molecule has 0 bridgehead atoms. The van der Waals surface area contributed by atoms with Crippen molar-refractivity contribution in [2.24, 2.45) is 0 Å². The molecule has 0 aromatic heterocycles. The summed E-state index contributed by atoms with van der Waals surface area (Å²) >= 11 is 0. The van der Waals surface area contributed by atoms with Crippen LogP contribution >= 0.6 is 0 Å². The summed E-state index contributed by atoms with van der Waals surface area (Å²) in [7, 11) is 0. The fourth-order valence-corrected chi connectivity index (χ4v) is 4.99. The van der Waals surface area contributed by atoms with Crippen LogP contribution in [0.15, 0.2) is 12.1 Å². The van der Waals surface area contributed by atoms with Crippen LogP contribution in [0.25, 0.3) is 0 Å². The van der Waals surface area contributed by atoms with Crippen molar-refractivity contribution in [3.63, 3.8) is 0 Å². The lowest BCUT2D eigenvalue weighted by Gasteiger charge is -2.27. The molecule has 5 rings (SSSR count). The van der Waals surface area contributed by atoms with E-state index in [1.54, 1.807) is 0 Å². The lowest BCUT2D eigenvalue weighted by molar-refractivity contribution is -0.136. The summed E-state index contributed by atoms with van der Waals surface area (Å²) in [4.78, 5) is 52.9. The van der Waals surface area contributed by atoms with Gasteiger partial charge in [-0.3, -0.25) is 34.3 Å². The van der Waals surface area contributed by atoms with Crippen LogP contribution in [0.4, 0.5) is 0 Å². The Hall–Kier alpha value is -2.62. The van der Waals surface area contributed by atoms with E-state index in [-0.39, 0.29) is 25.0 Å². The average Bonchev–Trinajstić information content (AvgIpc) is 3.47. The van der Waals surface area contributed by atoms with E-state index in [9.17, 15) is 19.2 Å². The van der Waals surface area contributed by atoms with Crippen molar-refractivity contribution in [2.45, 2.75) is 63.9 Å². The van der Waals surface area contributed by atoms with E-state index in [2.05, 4.69) is 10.2 Å². The van der Waals surface area contributed by atoms with Gasteiger partial charge in [-0.25, -0.2) is 0 Å². The zero-order chi connectivity index (χ0) is 22.2. The van der Waals surface area contributed by atoms with E-state index in [0.717, 1.165) is 61.3 Å². The van der Waals surface area contributed by atoms with Crippen molar-refractivity contribution in [3.8, 4) is 0 Å². The number of rotatable bonds is 7. The third-order valence-corrected chi connectivity index (χ3v) is 6.65. The number of nitrogens with one attached hydrogen (secondary N) is 1. The van der Waals surface area contributed by atoms with Crippen LogP contribution in [0.3, 0.4) is 0 Å². The van der Waals surface area contributed by atoms with E-state index in [1.165, 1.54) is 0 Å². The summed E-state index contributed by atoms with van der Waals surface area (Å²) in [5.74, 6) is -1.85. The van der Waals surface area contributed by atoms with Crippen molar-refractivity contribution < 1.29 is 28.7 Å². The van der Waals surface area contributed by atoms with Gasteiger partial charge >= 0.3 is 0 Å². The summed E-state index contributed by atoms with van der Waals surface area (Å²) in [5.41, 5.74) is 2.83. The molecule has 4 amide bonds. The Bertz CT molecular complexity index is 926. The minimum atomic E-state index is -0.925. The number of benzene rings is 1. The van der Waals surface area contributed by atoms with Gasteiger partial charge < -0.3 is 9.47 Å². The van der Waals surface area contributed by atoms with Gasteiger partial charge in [0.15, 0.2) is 6.29 Å². The van der Waals surface area contributed by atoms with E-state index >= 15 is 0 Å². The van der Waals surface area contributed by atoms with Crippen LogP contribution in [-0.4, -0.2) is 65.5 Å². The number of carbonyl (C=O) groups is 4. The second-order valence-electron chi connectivity index (χ2n) is 8.84. The molecule has 2 fully saturated rings. The van der Waals surface area contributed by atoms with Gasteiger partial charge in [0, 0.05) is 19.5 Å².